The monoisotopic (exact) mass is 386 g/mol. The van der Waals surface area contributed by atoms with E-state index in [0.29, 0.717) is 26.0 Å². The number of aromatic nitrogens is 1. The van der Waals surface area contributed by atoms with Crippen LogP contribution in [0.3, 0.4) is 0 Å². The SMILES string of the molecule is CCNC(=NCCCC(=O)OCC)N(C)Cc1cc(Br)cn1C. The van der Waals surface area contributed by atoms with Crippen LogP contribution in [0.4, 0.5) is 0 Å². The van der Waals surface area contributed by atoms with Crippen molar-refractivity contribution in [3.05, 3.63) is 22.4 Å². The van der Waals surface area contributed by atoms with Crippen molar-refractivity contribution in [2.75, 3.05) is 26.7 Å². The molecule has 0 amide bonds. The molecule has 0 unspecified atom stereocenters. The number of nitrogens with zero attached hydrogens (tertiary/aromatic N) is 3. The molecule has 0 bridgehead atoms. The van der Waals surface area contributed by atoms with E-state index >= 15 is 0 Å². The summed E-state index contributed by atoms with van der Waals surface area (Å²) >= 11 is 3.49. The Morgan fingerprint density at radius 3 is 2.78 bits per heavy atom. The van der Waals surface area contributed by atoms with Gasteiger partial charge in [0.25, 0.3) is 0 Å². The van der Waals surface area contributed by atoms with E-state index in [2.05, 4.69) is 41.8 Å². The summed E-state index contributed by atoms with van der Waals surface area (Å²) in [5.74, 6) is 0.684. The zero-order valence-electron chi connectivity index (χ0n) is 14.4. The second-order valence-corrected chi connectivity index (χ2v) is 6.18. The fourth-order valence-corrected chi connectivity index (χ4v) is 2.72. The molecule has 1 rings (SSSR count). The van der Waals surface area contributed by atoms with Gasteiger partial charge in [-0.1, -0.05) is 0 Å². The van der Waals surface area contributed by atoms with Gasteiger partial charge in [0.15, 0.2) is 5.96 Å². The summed E-state index contributed by atoms with van der Waals surface area (Å²) in [7, 11) is 4.03. The van der Waals surface area contributed by atoms with Crippen LogP contribution in [0.15, 0.2) is 21.7 Å². The Labute approximate surface area is 147 Å². The van der Waals surface area contributed by atoms with Gasteiger partial charge >= 0.3 is 5.97 Å². The summed E-state index contributed by atoms with van der Waals surface area (Å²) in [6.07, 6.45) is 3.13. The second-order valence-electron chi connectivity index (χ2n) is 5.26. The number of hydrogen-bond donors (Lipinski definition) is 1. The molecule has 0 atom stereocenters. The van der Waals surface area contributed by atoms with E-state index in [-0.39, 0.29) is 5.97 Å². The van der Waals surface area contributed by atoms with Gasteiger partial charge in [-0.3, -0.25) is 9.79 Å². The standard InChI is InChI=1S/C16H27BrN4O2/c1-5-18-16(19-9-7-8-15(22)23-6-2)21(4)12-14-10-13(17)11-20(14)3/h10-11H,5-9,12H2,1-4H3,(H,18,19). The quantitative estimate of drug-likeness (QED) is 0.322. The van der Waals surface area contributed by atoms with Gasteiger partial charge in [-0.15, -0.1) is 0 Å². The third-order valence-electron chi connectivity index (χ3n) is 3.28. The number of aryl methyl sites for hydroxylation is 1. The summed E-state index contributed by atoms with van der Waals surface area (Å²) in [6.45, 7) is 6.45. The number of nitrogens with one attached hydrogen (secondary N) is 1. The Hall–Kier alpha value is -1.50. The predicted octanol–water partition coefficient (Wildman–Crippen LogP) is 2.53. The molecule has 6 nitrogen and oxygen atoms in total. The maximum absolute atomic E-state index is 11.3. The van der Waals surface area contributed by atoms with E-state index in [1.54, 1.807) is 0 Å². The van der Waals surface area contributed by atoms with E-state index in [1.807, 2.05) is 34.1 Å². The molecule has 1 aromatic rings. The second kappa shape index (κ2) is 10.3. The molecule has 1 N–H and O–H groups in total. The Kier molecular flexibility index (Phi) is 8.76. The van der Waals surface area contributed by atoms with Crippen LogP contribution in [-0.2, 0) is 23.1 Å². The average Bonchev–Trinajstić information content (AvgIpc) is 2.80. The molecule has 7 heteroatoms. The van der Waals surface area contributed by atoms with E-state index in [4.69, 9.17) is 4.74 Å². The number of rotatable bonds is 8. The first-order valence-electron chi connectivity index (χ1n) is 7.93. The normalized spacial score (nSPS) is 11.4. The lowest BCUT2D eigenvalue weighted by Gasteiger charge is -2.22. The van der Waals surface area contributed by atoms with Gasteiger partial charge in [0.1, 0.15) is 0 Å². The zero-order chi connectivity index (χ0) is 17.2. The number of esters is 1. The molecule has 1 heterocycles. The molecule has 0 saturated carbocycles. The molecule has 0 aliphatic rings. The Bertz CT molecular complexity index is 528. The highest BCUT2D eigenvalue weighted by atomic mass is 79.9. The maximum Gasteiger partial charge on any atom is 0.305 e. The van der Waals surface area contributed by atoms with Crippen LogP contribution in [0.5, 0.6) is 0 Å². The minimum atomic E-state index is -0.158. The van der Waals surface area contributed by atoms with Crippen molar-refractivity contribution < 1.29 is 9.53 Å². The summed E-state index contributed by atoms with van der Waals surface area (Å²) in [5.41, 5.74) is 1.19. The molecular weight excluding hydrogens is 360 g/mol. The zero-order valence-corrected chi connectivity index (χ0v) is 16.0. The van der Waals surface area contributed by atoms with Crippen molar-refractivity contribution in [3.8, 4) is 0 Å². The van der Waals surface area contributed by atoms with Crippen molar-refractivity contribution >= 4 is 27.9 Å². The number of hydrogen-bond acceptors (Lipinski definition) is 3. The number of carbonyl (C=O) groups excluding carboxylic acids is 1. The molecule has 0 aliphatic heterocycles. The molecular formula is C16H27BrN4O2. The fourth-order valence-electron chi connectivity index (χ4n) is 2.15. The third kappa shape index (κ3) is 7.07. The van der Waals surface area contributed by atoms with E-state index < -0.39 is 0 Å². The molecule has 1 aromatic heterocycles. The molecule has 0 spiro atoms. The highest BCUT2D eigenvalue weighted by Gasteiger charge is 2.09. The van der Waals surface area contributed by atoms with Gasteiger partial charge in [-0.2, -0.15) is 0 Å². The van der Waals surface area contributed by atoms with Crippen molar-refractivity contribution in [2.24, 2.45) is 12.0 Å². The van der Waals surface area contributed by atoms with Crippen LogP contribution in [-0.4, -0.2) is 48.1 Å². The van der Waals surface area contributed by atoms with E-state index in [0.717, 1.165) is 23.5 Å². The van der Waals surface area contributed by atoms with Crippen LogP contribution in [0, 0.1) is 0 Å². The number of ether oxygens (including phenoxy) is 1. The molecule has 0 saturated heterocycles. The molecule has 0 aliphatic carbocycles. The third-order valence-corrected chi connectivity index (χ3v) is 3.71. The van der Waals surface area contributed by atoms with E-state index in [9.17, 15) is 4.79 Å². The Morgan fingerprint density at radius 2 is 2.22 bits per heavy atom. The summed E-state index contributed by atoms with van der Waals surface area (Å²) in [5, 5.41) is 3.28. The number of carbonyl (C=O) groups is 1. The maximum atomic E-state index is 11.3. The molecule has 0 aromatic carbocycles. The van der Waals surface area contributed by atoms with Crippen molar-refractivity contribution in [1.82, 2.24) is 14.8 Å². The Balaban J connectivity index is 2.56. The predicted molar refractivity (Wildman–Crippen MR) is 96.4 cm³/mol. The lowest BCUT2D eigenvalue weighted by molar-refractivity contribution is -0.143. The first-order valence-corrected chi connectivity index (χ1v) is 8.73. The van der Waals surface area contributed by atoms with E-state index in [1.165, 1.54) is 5.69 Å². The molecule has 23 heavy (non-hydrogen) atoms. The number of halogens is 1. The highest BCUT2D eigenvalue weighted by molar-refractivity contribution is 9.10. The smallest absolute Gasteiger partial charge is 0.305 e. The summed E-state index contributed by atoms with van der Waals surface area (Å²) < 4.78 is 8.08. The molecule has 0 radical (unpaired) electrons. The Morgan fingerprint density at radius 1 is 1.48 bits per heavy atom. The van der Waals surface area contributed by atoms with Crippen molar-refractivity contribution in [2.45, 2.75) is 33.2 Å². The van der Waals surface area contributed by atoms with Crippen LogP contribution in [0.2, 0.25) is 0 Å². The van der Waals surface area contributed by atoms with Crippen LogP contribution < -0.4 is 5.32 Å². The lowest BCUT2D eigenvalue weighted by atomic mass is 10.3. The molecule has 130 valence electrons. The average molecular weight is 387 g/mol. The minimum absolute atomic E-state index is 0.158. The number of aliphatic imine (C=N–C) groups is 1. The first kappa shape index (κ1) is 19.5. The van der Waals surface area contributed by atoms with Gasteiger partial charge in [0, 0.05) is 50.0 Å². The fraction of sp³-hybridized carbons (Fsp3) is 0.625. The van der Waals surface area contributed by atoms with Gasteiger partial charge in [0.05, 0.1) is 13.2 Å². The van der Waals surface area contributed by atoms with Crippen LogP contribution in [0.1, 0.15) is 32.4 Å². The number of guanidine groups is 1. The largest absolute Gasteiger partial charge is 0.466 e. The van der Waals surface area contributed by atoms with Gasteiger partial charge in [-0.25, -0.2) is 0 Å². The topological polar surface area (TPSA) is 58.9 Å². The van der Waals surface area contributed by atoms with Crippen molar-refractivity contribution in [3.63, 3.8) is 0 Å². The summed E-state index contributed by atoms with van der Waals surface area (Å²) in [4.78, 5) is 18.0. The first-order chi connectivity index (χ1) is 11.0. The van der Waals surface area contributed by atoms with Gasteiger partial charge in [-0.05, 0) is 42.3 Å². The van der Waals surface area contributed by atoms with Gasteiger partial charge in [0.2, 0.25) is 0 Å². The molecule has 0 fully saturated rings. The lowest BCUT2D eigenvalue weighted by Crippen LogP contribution is -2.38. The summed E-state index contributed by atoms with van der Waals surface area (Å²) in [6, 6.07) is 2.10. The van der Waals surface area contributed by atoms with Gasteiger partial charge < -0.3 is 19.5 Å². The minimum Gasteiger partial charge on any atom is -0.466 e. The highest BCUT2D eigenvalue weighted by Crippen LogP contribution is 2.15. The van der Waals surface area contributed by atoms with Crippen LogP contribution >= 0.6 is 15.9 Å². The van der Waals surface area contributed by atoms with Crippen molar-refractivity contribution in [1.29, 1.82) is 0 Å². The van der Waals surface area contributed by atoms with Crippen LogP contribution in [0.25, 0.3) is 0 Å².